The number of carbonyl (C=O) groups is 1. The molecule has 0 bridgehead atoms. The standard InChI is InChI=1S/C38H41N3O5/c1-41(2)32-19-15-29(16-20-32)27-39-37(43)38(23-8-12-28-10-5-4-6-11-28)35(31-13-7-14-34(26-31)44-3)46-36(40-38)30-17-21-33(22-18-30)45-25-9-24-42/h4-8,10-22,26,35,42H,9,23-25,27H2,1-3H3,(H,39,43)/b12-8+/t35-,38-/m1/s1. The van der Waals surface area contributed by atoms with Crippen LogP contribution in [0.4, 0.5) is 5.69 Å². The number of methoxy groups -OCH3 is 1. The van der Waals surface area contributed by atoms with Gasteiger partial charge in [0.05, 0.1) is 13.7 Å². The van der Waals surface area contributed by atoms with Crippen LogP contribution in [0.25, 0.3) is 6.08 Å². The molecule has 0 saturated carbocycles. The Labute approximate surface area is 271 Å². The van der Waals surface area contributed by atoms with E-state index in [2.05, 4.69) is 5.32 Å². The van der Waals surface area contributed by atoms with E-state index >= 15 is 0 Å². The number of hydrogen-bond acceptors (Lipinski definition) is 7. The van der Waals surface area contributed by atoms with Gasteiger partial charge in [0, 0.05) is 51.3 Å². The molecule has 0 saturated heterocycles. The number of amides is 1. The van der Waals surface area contributed by atoms with Crippen LogP contribution in [0.15, 0.2) is 114 Å². The van der Waals surface area contributed by atoms with Crippen LogP contribution in [0.5, 0.6) is 11.5 Å². The number of aliphatic imine (C=N–C) groups is 1. The van der Waals surface area contributed by atoms with Crippen molar-refractivity contribution in [1.82, 2.24) is 5.32 Å². The fraction of sp³-hybridized carbons (Fsp3) is 0.263. The molecule has 0 fully saturated rings. The molecule has 238 valence electrons. The number of aliphatic hydroxyl groups excluding tert-OH is 1. The van der Waals surface area contributed by atoms with Gasteiger partial charge in [-0.25, -0.2) is 4.99 Å². The van der Waals surface area contributed by atoms with Gasteiger partial charge in [-0.2, -0.15) is 0 Å². The predicted molar refractivity (Wildman–Crippen MR) is 182 cm³/mol. The van der Waals surface area contributed by atoms with Crippen molar-refractivity contribution in [2.75, 3.05) is 39.3 Å². The van der Waals surface area contributed by atoms with Crippen LogP contribution < -0.4 is 19.7 Å². The van der Waals surface area contributed by atoms with Crippen molar-refractivity contribution in [2.45, 2.75) is 31.0 Å². The van der Waals surface area contributed by atoms with E-state index in [1.165, 1.54) is 0 Å². The molecule has 0 aliphatic carbocycles. The van der Waals surface area contributed by atoms with Gasteiger partial charge in [-0.3, -0.25) is 4.79 Å². The van der Waals surface area contributed by atoms with Crippen molar-refractivity contribution in [3.8, 4) is 11.5 Å². The number of carbonyl (C=O) groups excluding carboxylic acids is 1. The van der Waals surface area contributed by atoms with E-state index < -0.39 is 11.6 Å². The maximum Gasteiger partial charge on any atom is 0.252 e. The molecule has 2 atom stereocenters. The number of nitrogens with one attached hydrogen (secondary N) is 1. The first kappa shape index (κ1) is 32.3. The third kappa shape index (κ3) is 7.76. The smallest absolute Gasteiger partial charge is 0.252 e. The highest BCUT2D eigenvalue weighted by Crippen LogP contribution is 2.43. The van der Waals surface area contributed by atoms with Gasteiger partial charge in [0.25, 0.3) is 5.91 Å². The highest BCUT2D eigenvalue weighted by molar-refractivity contribution is 6.01. The SMILES string of the molecule is COc1cccc([C@H]2OC(c3ccc(OCCCO)cc3)=N[C@@]2(C/C=C/c2ccccc2)C(=O)NCc2ccc(N(C)C)cc2)c1. The van der Waals surface area contributed by atoms with E-state index in [0.717, 1.165) is 27.9 Å². The first-order valence-electron chi connectivity index (χ1n) is 15.4. The first-order chi connectivity index (χ1) is 22.4. The van der Waals surface area contributed by atoms with Crippen LogP contribution in [-0.2, 0) is 16.1 Å². The zero-order valence-electron chi connectivity index (χ0n) is 26.6. The lowest BCUT2D eigenvalue weighted by molar-refractivity contribution is -0.129. The molecule has 1 aliphatic heterocycles. The van der Waals surface area contributed by atoms with Gasteiger partial charge in [0.15, 0.2) is 11.6 Å². The summed E-state index contributed by atoms with van der Waals surface area (Å²) in [5.74, 6) is 1.46. The van der Waals surface area contributed by atoms with Crippen molar-refractivity contribution >= 4 is 23.6 Å². The van der Waals surface area contributed by atoms with Crippen LogP contribution in [0, 0.1) is 0 Å². The van der Waals surface area contributed by atoms with Gasteiger partial charge in [-0.1, -0.05) is 66.7 Å². The number of ether oxygens (including phenoxy) is 3. The highest BCUT2D eigenvalue weighted by atomic mass is 16.5. The Hall–Kier alpha value is -5.08. The van der Waals surface area contributed by atoms with Gasteiger partial charge in [-0.05, 0) is 65.2 Å². The summed E-state index contributed by atoms with van der Waals surface area (Å²) in [5, 5.41) is 12.3. The van der Waals surface area contributed by atoms with Crippen molar-refractivity contribution in [3.63, 3.8) is 0 Å². The summed E-state index contributed by atoms with van der Waals surface area (Å²) >= 11 is 0. The first-order valence-corrected chi connectivity index (χ1v) is 15.4. The molecule has 0 spiro atoms. The second-order valence-corrected chi connectivity index (χ2v) is 11.3. The fourth-order valence-corrected chi connectivity index (χ4v) is 5.31. The average Bonchev–Trinajstić information content (AvgIpc) is 3.49. The van der Waals surface area contributed by atoms with Crippen LogP contribution in [0.3, 0.4) is 0 Å². The quantitative estimate of drug-likeness (QED) is 0.163. The number of anilines is 1. The molecule has 4 aromatic rings. The van der Waals surface area contributed by atoms with Crippen LogP contribution in [0.2, 0.25) is 0 Å². The summed E-state index contributed by atoms with van der Waals surface area (Å²) in [6, 6.07) is 33.1. The normalized spacial score (nSPS) is 17.3. The van der Waals surface area contributed by atoms with Gasteiger partial charge < -0.3 is 29.5 Å². The second-order valence-electron chi connectivity index (χ2n) is 11.3. The van der Waals surface area contributed by atoms with Gasteiger partial charge in [0.1, 0.15) is 11.5 Å². The van der Waals surface area contributed by atoms with E-state index in [1.54, 1.807) is 7.11 Å². The zero-order valence-corrected chi connectivity index (χ0v) is 26.6. The molecule has 1 amide bonds. The van der Waals surface area contributed by atoms with Crippen molar-refractivity contribution in [2.24, 2.45) is 4.99 Å². The molecule has 8 heteroatoms. The minimum absolute atomic E-state index is 0.0681. The summed E-state index contributed by atoms with van der Waals surface area (Å²) in [5.41, 5.74) is 3.28. The molecule has 0 aromatic heterocycles. The Balaban J connectivity index is 1.52. The van der Waals surface area contributed by atoms with Gasteiger partial charge in [0.2, 0.25) is 5.90 Å². The molecule has 1 heterocycles. The maximum absolute atomic E-state index is 14.5. The Morgan fingerprint density at radius 3 is 2.43 bits per heavy atom. The lowest BCUT2D eigenvalue weighted by Crippen LogP contribution is -2.47. The van der Waals surface area contributed by atoms with Gasteiger partial charge in [-0.15, -0.1) is 0 Å². The molecule has 5 rings (SSSR count). The minimum Gasteiger partial charge on any atom is -0.497 e. The predicted octanol–water partition coefficient (Wildman–Crippen LogP) is 6.20. The number of benzene rings is 4. The summed E-state index contributed by atoms with van der Waals surface area (Å²) in [6.07, 6.45) is 4.11. The summed E-state index contributed by atoms with van der Waals surface area (Å²) in [6.45, 7) is 0.824. The number of nitrogens with zero attached hydrogens (tertiary/aromatic N) is 2. The van der Waals surface area contributed by atoms with E-state index in [4.69, 9.17) is 24.3 Å². The molecular weight excluding hydrogens is 578 g/mol. The van der Waals surface area contributed by atoms with Crippen LogP contribution in [0.1, 0.15) is 41.2 Å². The third-order valence-electron chi connectivity index (χ3n) is 7.87. The van der Waals surface area contributed by atoms with Crippen LogP contribution >= 0.6 is 0 Å². The second kappa shape index (κ2) is 15.3. The summed E-state index contributed by atoms with van der Waals surface area (Å²) in [7, 11) is 5.61. The Morgan fingerprint density at radius 2 is 1.74 bits per heavy atom. The van der Waals surface area contributed by atoms with Crippen LogP contribution in [-0.4, -0.2) is 56.9 Å². The zero-order chi connectivity index (χ0) is 32.4. The largest absolute Gasteiger partial charge is 0.497 e. The summed E-state index contributed by atoms with van der Waals surface area (Å²) in [4.78, 5) is 21.6. The highest BCUT2D eigenvalue weighted by Gasteiger charge is 2.52. The van der Waals surface area contributed by atoms with Crippen molar-refractivity contribution in [3.05, 3.63) is 131 Å². The van der Waals surface area contributed by atoms with Gasteiger partial charge >= 0.3 is 0 Å². The number of aliphatic hydroxyl groups is 1. The lowest BCUT2D eigenvalue weighted by atomic mass is 9.84. The topological polar surface area (TPSA) is 92.6 Å². The molecule has 2 N–H and O–H groups in total. The number of rotatable bonds is 14. The molecule has 4 aromatic carbocycles. The van der Waals surface area contributed by atoms with E-state index in [-0.39, 0.29) is 12.5 Å². The number of hydrogen-bond donors (Lipinski definition) is 2. The molecule has 46 heavy (non-hydrogen) atoms. The lowest BCUT2D eigenvalue weighted by Gasteiger charge is -2.30. The molecule has 1 aliphatic rings. The Morgan fingerprint density at radius 1 is 0.978 bits per heavy atom. The Kier molecular flexibility index (Phi) is 10.7. The molecule has 8 nitrogen and oxygen atoms in total. The fourth-order valence-electron chi connectivity index (χ4n) is 5.31. The van der Waals surface area contributed by atoms with Crippen molar-refractivity contribution < 1.29 is 24.1 Å². The summed E-state index contributed by atoms with van der Waals surface area (Å²) < 4.78 is 17.9. The van der Waals surface area contributed by atoms with E-state index in [1.807, 2.05) is 134 Å². The van der Waals surface area contributed by atoms with E-state index in [0.29, 0.717) is 43.4 Å². The molecule has 0 radical (unpaired) electrons. The van der Waals surface area contributed by atoms with E-state index in [9.17, 15) is 4.79 Å². The average molecular weight is 620 g/mol. The minimum atomic E-state index is -1.31. The molecular formula is C38H41N3O5. The molecule has 0 unspecified atom stereocenters. The Bertz CT molecular complexity index is 1640. The monoisotopic (exact) mass is 619 g/mol. The maximum atomic E-state index is 14.5. The third-order valence-corrected chi connectivity index (χ3v) is 7.87. The van der Waals surface area contributed by atoms with Crippen molar-refractivity contribution in [1.29, 1.82) is 0 Å².